The molecule has 1 rings (SSSR count). The molecular formula is C9H8ClF3O3S. The Hall–Kier alpha value is -0.790. The summed E-state index contributed by atoms with van der Waals surface area (Å²) >= 11 is 5.57. The zero-order chi connectivity index (χ0) is 13.3. The van der Waals surface area contributed by atoms with Crippen molar-refractivity contribution in [2.75, 3.05) is 6.61 Å². The predicted octanol–water partition coefficient (Wildman–Crippen LogP) is 2.92. The van der Waals surface area contributed by atoms with Crippen molar-refractivity contribution in [3.05, 3.63) is 28.8 Å². The van der Waals surface area contributed by atoms with Crippen LogP contribution in [-0.4, -0.2) is 21.2 Å². The zero-order valence-corrected chi connectivity index (χ0v) is 10.2. The maximum Gasteiger partial charge on any atom is 0.413 e. The van der Waals surface area contributed by atoms with Gasteiger partial charge < -0.3 is 0 Å². The molecule has 0 spiro atoms. The highest BCUT2D eigenvalue weighted by atomic mass is 35.5. The molecule has 8 heteroatoms. The minimum atomic E-state index is -4.71. The van der Waals surface area contributed by atoms with Crippen LogP contribution < -0.4 is 0 Å². The lowest BCUT2D eigenvalue weighted by molar-refractivity contribution is -0.152. The average molecular weight is 289 g/mol. The number of hydrogen-bond donors (Lipinski definition) is 0. The van der Waals surface area contributed by atoms with Gasteiger partial charge in [-0.3, -0.25) is 4.18 Å². The summed E-state index contributed by atoms with van der Waals surface area (Å²) < 4.78 is 62.4. The van der Waals surface area contributed by atoms with Gasteiger partial charge in [0.2, 0.25) is 0 Å². The van der Waals surface area contributed by atoms with Crippen molar-refractivity contribution in [1.82, 2.24) is 0 Å². The van der Waals surface area contributed by atoms with Gasteiger partial charge in [0.05, 0.1) is 4.90 Å². The van der Waals surface area contributed by atoms with E-state index in [0.29, 0.717) is 0 Å². The maximum atomic E-state index is 11.9. The SMILES string of the molecule is Cc1ccc(Cl)cc1S(=O)(=O)OCC(F)(F)F. The Bertz CT molecular complexity index is 511. The van der Waals surface area contributed by atoms with Gasteiger partial charge in [-0.05, 0) is 24.6 Å². The highest BCUT2D eigenvalue weighted by Gasteiger charge is 2.32. The normalized spacial score (nSPS) is 12.8. The van der Waals surface area contributed by atoms with E-state index in [1.54, 1.807) is 0 Å². The van der Waals surface area contributed by atoms with Crippen molar-refractivity contribution in [3.63, 3.8) is 0 Å². The molecule has 0 saturated heterocycles. The Labute approximate surface area is 101 Å². The number of alkyl halides is 3. The van der Waals surface area contributed by atoms with E-state index >= 15 is 0 Å². The molecule has 0 aliphatic carbocycles. The Morgan fingerprint density at radius 2 is 1.94 bits per heavy atom. The third-order valence-corrected chi connectivity index (χ3v) is 3.44. The van der Waals surface area contributed by atoms with Gasteiger partial charge >= 0.3 is 6.18 Å². The summed E-state index contributed by atoms with van der Waals surface area (Å²) in [5, 5.41) is 0.102. The Morgan fingerprint density at radius 3 is 2.47 bits per heavy atom. The van der Waals surface area contributed by atoms with Crippen LogP contribution in [0, 0.1) is 6.92 Å². The third kappa shape index (κ3) is 4.18. The van der Waals surface area contributed by atoms with Crippen molar-refractivity contribution in [2.24, 2.45) is 0 Å². The number of rotatable bonds is 3. The second kappa shape index (κ2) is 4.83. The number of hydrogen-bond acceptors (Lipinski definition) is 3. The fraction of sp³-hybridized carbons (Fsp3) is 0.333. The lowest BCUT2D eigenvalue weighted by atomic mass is 10.2. The minimum absolute atomic E-state index is 0.102. The van der Waals surface area contributed by atoms with Crippen LogP contribution in [0.5, 0.6) is 0 Å². The molecule has 0 aliphatic rings. The molecule has 0 amide bonds. The Morgan fingerprint density at radius 1 is 1.35 bits per heavy atom. The Balaban J connectivity index is 3.02. The molecule has 3 nitrogen and oxygen atoms in total. The lowest BCUT2D eigenvalue weighted by Crippen LogP contribution is -2.21. The maximum absolute atomic E-state index is 11.9. The molecular weight excluding hydrogens is 281 g/mol. The van der Waals surface area contributed by atoms with Crippen LogP contribution in [0.3, 0.4) is 0 Å². The molecule has 1 aromatic rings. The van der Waals surface area contributed by atoms with Crippen LogP contribution in [0.15, 0.2) is 23.1 Å². The van der Waals surface area contributed by atoms with Gasteiger partial charge in [-0.25, -0.2) is 0 Å². The van der Waals surface area contributed by atoms with E-state index in [1.165, 1.54) is 19.1 Å². The van der Waals surface area contributed by atoms with Gasteiger partial charge in [0, 0.05) is 5.02 Å². The topological polar surface area (TPSA) is 43.4 Å². The second-order valence-corrected chi connectivity index (χ2v) is 5.26. The Kier molecular flexibility index (Phi) is 4.06. The molecule has 17 heavy (non-hydrogen) atoms. The monoisotopic (exact) mass is 288 g/mol. The standard InChI is InChI=1S/C9H8ClF3O3S/c1-6-2-3-7(10)4-8(6)17(14,15)16-5-9(11,12)13/h2-4H,5H2,1H3. The van der Waals surface area contributed by atoms with Gasteiger partial charge in [-0.1, -0.05) is 17.7 Å². The smallest absolute Gasteiger partial charge is 0.257 e. The van der Waals surface area contributed by atoms with Crippen LogP contribution in [-0.2, 0) is 14.3 Å². The van der Waals surface area contributed by atoms with E-state index in [4.69, 9.17) is 11.6 Å². The first-order chi connectivity index (χ1) is 7.62. The summed E-state index contributed by atoms with van der Waals surface area (Å²) in [5.41, 5.74) is 0.261. The summed E-state index contributed by atoms with van der Waals surface area (Å²) in [6.07, 6.45) is -4.71. The fourth-order valence-electron chi connectivity index (χ4n) is 1.05. The van der Waals surface area contributed by atoms with Crippen LogP contribution >= 0.6 is 11.6 Å². The van der Waals surface area contributed by atoms with Crippen LogP contribution in [0.4, 0.5) is 13.2 Å². The molecule has 0 radical (unpaired) electrons. The van der Waals surface area contributed by atoms with Crippen LogP contribution in [0.1, 0.15) is 5.56 Å². The first kappa shape index (κ1) is 14.3. The van der Waals surface area contributed by atoms with E-state index in [2.05, 4.69) is 4.18 Å². The van der Waals surface area contributed by atoms with Gasteiger partial charge in [-0.2, -0.15) is 21.6 Å². The molecule has 0 heterocycles. The first-order valence-electron chi connectivity index (χ1n) is 4.34. The van der Waals surface area contributed by atoms with Crippen LogP contribution in [0.25, 0.3) is 0 Å². The summed E-state index contributed by atoms with van der Waals surface area (Å²) in [5.74, 6) is 0. The molecule has 1 aromatic carbocycles. The molecule has 0 fully saturated rings. The highest BCUT2D eigenvalue weighted by molar-refractivity contribution is 7.86. The molecule has 0 unspecified atom stereocenters. The molecule has 0 aromatic heterocycles. The highest BCUT2D eigenvalue weighted by Crippen LogP contribution is 2.24. The average Bonchev–Trinajstić information content (AvgIpc) is 2.18. The lowest BCUT2D eigenvalue weighted by Gasteiger charge is -2.10. The number of aryl methyl sites for hydroxylation is 1. The van der Waals surface area contributed by atoms with E-state index in [9.17, 15) is 21.6 Å². The first-order valence-corrected chi connectivity index (χ1v) is 6.13. The molecule has 96 valence electrons. The van der Waals surface area contributed by atoms with E-state index in [0.717, 1.165) is 6.07 Å². The second-order valence-electron chi connectivity index (χ2n) is 3.24. The minimum Gasteiger partial charge on any atom is -0.257 e. The summed E-state index contributed by atoms with van der Waals surface area (Å²) in [6.45, 7) is -0.429. The van der Waals surface area contributed by atoms with Crippen molar-refractivity contribution in [2.45, 2.75) is 18.0 Å². The quantitative estimate of drug-likeness (QED) is 0.803. The van der Waals surface area contributed by atoms with Gasteiger partial charge in [0.1, 0.15) is 0 Å². The molecule has 0 bridgehead atoms. The largest absolute Gasteiger partial charge is 0.413 e. The molecule has 0 aliphatic heterocycles. The van der Waals surface area contributed by atoms with E-state index in [-0.39, 0.29) is 15.5 Å². The van der Waals surface area contributed by atoms with Gasteiger partial charge in [0.15, 0.2) is 6.61 Å². The third-order valence-electron chi connectivity index (χ3n) is 1.80. The van der Waals surface area contributed by atoms with Gasteiger partial charge in [0.25, 0.3) is 10.1 Å². The number of benzene rings is 1. The molecule has 0 atom stereocenters. The van der Waals surface area contributed by atoms with E-state index in [1.807, 2.05) is 0 Å². The predicted molar refractivity (Wildman–Crippen MR) is 55.4 cm³/mol. The van der Waals surface area contributed by atoms with Crippen molar-refractivity contribution >= 4 is 21.7 Å². The summed E-state index contributed by atoms with van der Waals surface area (Å²) in [4.78, 5) is -0.366. The zero-order valence-electron chi connectivity index (χ0n) is 8.58. The van der Waals surface area contributed by atoms with Crippen molar-refractivity contribution in [1.29, 1.82) is 0 Å². The molecule has 0 saturated carbocycles. The van der Waals surface area contributed by atoms with Gasteiger partial charge in [-0.15, -0.1) is 0 Å². The fourth-order valence-corrected chi connectivity index (χ4v) is 2.44. The molecule has 0 N–H and O–H groups in total. The summed E-state index contributed by atoms with van der Waals surface area (Å²) in [7, 11) is -4.45. The van der Waals surface area contributed by atoms with Crippen LogP contribution in [0.2, 0.25) is 5.02 Å². The van der Waals surface area contributed by atoms with Crippen molar-refractivity contribution < 1.29 is 25.8 Å². The van der Waals surface area contributed by atoms with Crippen molar-refractivity contribution in [3.8, 4) is 0 Å². The van der Waals surface area contributed by atoms with E-state index < -0.39 is 22.9 Å². The number of halogens is 4. The summed E-state index contributed by atoms with van der Waals surface area (Å²) in [6, 6.07) is 3.86.